The minimum absolute atomic E-state index is 0.584. The Kier molecular flexibility index (Phi) is 10.2. The van der Waals surface area contributed by atoms with E-state index in [0.29, 0.717) is 5.25 Å². The largest absolute Gasteiger partial charge is 0.356 e. The van der Waals surface area contributed by atoms with Crippen LogP contribution in [0.25, 0.3) is 11.1 Å². The van der Waals surface area contributed by atoms with Crippen LogP contribution in [0, 0.1) is 0 Å². The van der Waals surface area contributed by atoms with Crippen LogP contribution in [0.1, 0.15) is 52.2 Å². The summed E-state index contributed by atoms with van der Waals surface area (Å²) in [7, 11) is 0. The number of fused-ring (bicyclic) bond motifs is 3. The Bertz CT molecular complexity index is 974. The predicted molar refractivity (Wildman–Crippen MR) is 143 cm³/mol. The fourth-order valence-corrected chi connectivity index (χ4v) is 4.84. The molecular formula is C29H35NS. The van der Waals surface area contributed by atoms with Crippen molar-refractivity contribution < 1.29 is 0 Å². The Labute approximate surface area is 193 Å². The van der Waals surface area contributed by atoms with E-state index < -0.39 is 0 Å². The predicted octanol–water partition coefficient (Wildman–Crippen LogP) is 9.45. The molecule has 0 saturated carbocycles. The molecule has 1 N–H and O–H groups in total. The molecule has 0 bridgehead atoms. The molecule has 1 heterocycles. The molecule has 2 aromatic carbocycles. The van der Waals surface area contributed by atoms with E-state index >= 15 is 0 Å². The molecule has 4 rings (SSSR count). The van der Waals surface area contributed by atoms with Crippen LogP contribution < -0.4 is 5.32 Å². The Morgan fingerprint density at radius 3 is 2.42 bits per heavy atom. The number of benzene rings is 2. The van der Waals surface area contributed by atoms with Crippen molar-refractivity contribution in [1.82, 2.24) is 0 Å². The summed E-state index contributed by atoms with van der Waals surface area (Å²) in [6, 6.07) is 15.2. The van der Waals surface area contributed by atoms with Gasteiger partial charge in [0.25, 0.3) is 0 Å². The second-order valence-corrected chi connectivity index (χ2v) is 7.91. The van der Waals surface area contributed by atoms with Crippen molar-refractivity contribution in [2.75, 3.05) is 5.32 Å². The third kappa shape index (κ3) is 6.15. The first-order valence-electron chi connectivity index (χ1n) is 11.3. The van der Waals surface area contributed by atoms with Crippen LogP contribution in [0.5, 0.6) is 0 Å². The summed E-state index contributed by atoms with van der Waals surface area (Å²) < 4.78 is 0. The average Bonchev–Trinajstić information content (AvgIpc) is 3.20. The highest BCUT2D eigenvalue weighted by molar-refractivity contribution is 8.00. The zero-order chi connectivity index (χ0) is 22.6. The fourth-order valence-electron chi connectivity index (χ4n) is 3.54. The van der Waals surface area contributed by atoms with Gasteiger partial charge in [-0.1, -0.05) is 88.9 Å². The molecule has 2 heteroatoms. The molecule has 0 spiro atoms. The fraction of sp³-hybridized carbons (Fsp3) is 0.241. The lowest BCUT2D eigenvalue weighted by Gasteiger charge is -2.12. The van der Waals surface area contributed by atoms with Gasteiger partial charge in [-0.05, 0) is 65.9 Å². The van der Waals surface area contributed by atoms with Gasteiger partial charge in [-0.15, -0.1) is 11.8 Å². The van der Waals surface area contributed by atoms with Gasteiger partial charge >= 0.3 is 0 Å². The minimum Gasteiger partial charge on any atom is -0.356 e. The van der Waals surface area contributed by atoms with Gasteiger partial charge in [0.15, 0.2) is 0 Å². The van der Waals surface area contributed by atoms with E-state index in [1.54, 1.807) is 0 Å². The number of rotatable bonds is 5. The SMILES string of the molecule is C=C/C=C(\C=C/C)c1ccc(Nc2ccc3c(c2)C2=CC=CCC2S3)cc1.CC.CC. The molecule has 2 aromatic rings. The molecule has 1 atom stereocenters. The number of thioether (sulfide) groups is 1. The number of allylic oxidation sites excluding steroid dienone is 8. The summed E-state index contributed by atoms with van der Waals surface area (Å²) in [6.45, 7) is 13.8. The van der Waals surface area contributed by atoms with Crippen molar-refractivity contribution in [3.63, 3.8) is 0 Å². The van der Waals surface area contributed by atoms with E-state index in [9.17, 15) is 0 Å². The molecular weight excluding hydrogens is 394 g/mol. The van der Waals surface area contributed by atoms with Crippen LogP contribution >= 0.6 is 11.8 Å². The van der Waals surface area contributed by atoms with Crippen molar-refractivity contribution in [2.24, 2.45) is 0 Å². The summed E-state index contributed by atoms with van der Waals surface area (Å²) in [4.78, 5) is 1.39. The van der Waals surface area contributed by atoms with Crippen LogP contribution in [-0.2, 0) is 0 Å². The first-order valence-corrected chi connectivity index (χ1v) is 12.2. The van der Waals surface area contributed by atoms with Crippen molar-refractivity contribution >= 4 is 34.3 Å². The number of hydrogen-bond donors (Lipinski definition) is 1. The molecule has 31 heavy (non-hydrogen) atoms. The topological polar surface area (TPSA) is 12.0 Å². The molecule has 1 nitrogen and oxygen atoms in total. The molecule has 0 saturated heterocycles. The molecule has 0 radical (unpaired) electrons. The van der Waals surface area contributed by atoms with Gasteiger partial charge in [-0.25, -0.2) is 0 Å². The summed E-state index contributed by atoms with van der Waals surface area (Å²) >= 11 is 1.98. The Balaban J connectivity index is 0.000000807. The minimum atomic E-state index is 0.584. The maximum Gasteiger partial charge on any atom is 0.0391 e. The van der Waals surface area contributed by atoms with Gasteiger partial charge in [0.05, 0.1) is 0 Å². The highest BCUT2D eigenvalue weighted by atomic mass is 32.2. The highest BCUT2D eigenvalue weighted by Gasteiger charge is 2.27. The van der Waals surface area contributed by atoms with Crippen LogP contribution in [0.2, 0.25) is 0 Å². The van der Waals surface area contributed by atoms with E-state index in [1.807, 2.05) is 64.6 Å². The summed E-state index contributed by atoms with van der Waals surface area (Å²) in [5, 5.41) is 4.13. The van der Waals surface area contributed by atoms with Gasteiger partial charge in [0.2, 0.25) is 0 Å². The van der Waals surface area contributed by atoms with Gasteiger partial charge in [-0.2, -0.15) is 0 Å². The summed E-state index contributed by atoms with van der Waals surface area (Å²) in [5.41, 5.74) is 7.41. The molecule has 1 aliphatic carbocycles. The lowest BCUT2D eigenvalue weighted by Crippen LogP contribution is -2.00. The number of hydrogen-bond acceptors (Lipinski definition) is 2. The third-order valence-electron chi connectivity index (χ3n) is 4.82. The van der Waals surface area contributed by atoms with Crippen molar-refractivity contribution in [2.45, 2.75) is 51.2 Å². The maximum absolute atomic E-state index is 3.81. The zero-order valence-electron chi connectivity index (χ0n) is 19.5. The van der Waals surface area contributed by atoms with E-state index in [4.69, 9.17) is 0 Å². The van der Waals surface area contributed by atoms with Crippen LogP contribution in [0.3, 0.4) is 0 Å². The molecule has 1 unspecified atom stereocenters. The molecule has 0 amide bonds. The van der Waals surface area contributed by atoms with Gasteiger partial charge in [0, 0.05) is 21.5 Å². The quantitative estimate of drug-likeness (QED) is 0.475. The van der Waals surface area contributed by atoms with Gasteiger partial charge in [0.1, 0.15) is 0 Å². The van der Waals surface area contributed by atoms with Crippen molar-refractivity contribution in [3.8, 4) is 0 Å². The Hall–Kier alpha value is -2.71. The van der Waals surface area contributed by atoms with Crippen LogP contribution in [0.15, 0.2) is 96.5 Å². The second kappa shape index (κ2) is 12.9. The highest BCUT2D eigenvalue weighted by Crippen LogP contribution is 2.48. The maximum atomic E-state index is 3.81. The molecule has 162 valence electrons. The smallest absolute Gasteiger partial charge is 0.0391 e. The van der Waals surface area contributed by atoms with E-state index in [2.05, 4.69) is 78.7 Å². The molecule has 0 aromatic heterocycles. The zero-order valence-corrected chi connectivity index (χ0v) is 20.3. The van der Waals surface area contributed by atoms with E-state index in [0.717, 1.165) is 23.4 Å². The van der Waals surface area contributed by atoms with Crippen molar-refractivity contribution in [3.05, 3.63) is 103 Å². The second-order valence-electron chi connectivity index (χ2n) is 6.66. The first-order chi connectivity index (χ1) is 15.3. The van der Waals surface area contributed by atoms with Gasteiger partial charge < -0.3 is 5.32 Å². The van der Waals surface area contributed by atoms with Gasteiger partial charge in [-0.3, -0.25) is 0 Å². The molecule has 2 aliphatic rings. The average molecular weight is 430 g/mol. The van der Waals surface area contributed by atoms with Crippen molar-refractivity contribution in [1.29, 1.82) is 0 Å². The normalized spacial score (nSPS) is 16.2. The Morgan fingerprint density at radius 2 is 1.74 bits per heavy atom. The number of anilines is 2. The summed E-state index contributed by atoms with van der Waals surface area (Å²) in [5.74, 6) is 0. The van der Waals surface area contributed by atoms with Crippen LogP contribution in [0.4, 0.5) is 11.4 Å². The lowest BCUT2D eigenvalue weighted by molar-refractivity contribution is 1.09. The lowest BCUT2D eigenvalue weighted by atomic mass is 9.97. The molecule has 1 aliphatic heterocycles. The first kappa shape index (κ1) is 24.6. The van der Waals surface area contributed by atoms with Crippen LogP contribution in [-0.4, -0.2) is 5.25 Å². The van der Waals surface area contributed by atoms with E-state index in [-0.39, 0.29) is 0 Å². The third-order valence-corrected chi connectivity index (χ3v) is 6.16. The standard InChI is InChI=1S/C25H23NS.2C2H6/c1-3-7-18(8-4-2)19-11-13-20(14-12-19)26-21-15-16-25-23(17-21)22-9-5-6-10-24(22)27-25;2*1-2/h3-9,11-17,24,26H,1,10H2,2H3;2*1-2H3/b8-4-,18-7+;;. The molecule has 0 fully saturated rings. The monoisotopic (exact) mass is 429 g/mol. The number of nitrogens with one attached hydrogen (secondary N) is 1. The van der Waals surface area contributed by atoms with E-state index in [1.165, 1.54) is 21.6 Å². The summed E-state index contributed by atoms with van der Waals surface area (Å²) in [6.07, 6.45) is 15.8. The Morgan fingerprint density at radius 1 is 1.03 bits per heavy atom.